The molecular weight excluding hydrogens is 400 g/mol. The summed E-state index contributed by atoms with van der Waals surface area (Å²) in [6.07, 6.45) is 10.6. The largest absolute Gasteiger partial charge is 0.480 e. The maximum absolute atomic E-state index is 12.0. The number of carboxylic acids is 1. The van der Waals surface area contributed by atoms with E-state index in [1.165, 1.54) is 36.2 Å². The summed E-state index contributed by atoms with van der Waals surface area (Å²) in [7, 11) is 0. The molecule has 1 aromatic carbocycles. The van der Waals surface area contributed by atoms with Crippen molar-refractivity contribution in [2.75, 3.05) is 13.1 Å². The highest BCUT2D eigenvalue weighted by Crippen LogP contribution is 2.36. The predicted octanol–water partition coefficient (Wildman–Crippen LogP) is 4.90. The van der Waals surface area contributed by atoms with Crippen molar-refractivity contribution in [1.29, 1.82) is 0 Å². The van der Waals surface area contributed by atoms with Crippen LogP contribution in [0.1, 0.15) is 79.4 Å². The van der Waals surface area contributed by atoms with Gasteiger partial charge in [-0.15, -0.1) is 0 Å². The number of carboxylic acid groups (broad SMARTS) is 1. The summed E-state index contributed by atoms with van der Waals surface area (Å²) in [4.78, 5) is 19.1. The van der Waals surface area contributed by atoms with Crippen molar-refractivity contribution >= 4 is 5.97 Å². The Morgan fingerprint density at radius 2 is 1.75 bits per heavy atom. The second-order valence-electron chi connectivity index (χ2n) is 9.72. The maximum Gasteiger partial charge on any atom is 0.325 e. The molecule has 3 aliphatic rings. The fraction of sp³-hybridized carbons (Fsp3) is 0.556. The van der Waals surface area contributed by atoms with Gasteiger partial charge in [0.1, 0.15) is 6.04 Å². The molecule has 1 aliphatic heterocycles. The summed E-state index contributed by atoms with van der Waals surface area (Å²) in [5, 5.41) is 9.82. The number of rotatable bonds is 6. The van der Waals surface area contributed by atoms with Crippen LogP contribution in [0.4, 0.5) is 0 Å². The Morgan fingerprint density at radius 3 is 2.53 bits per heavy atom. The molecule has 0 spiro atoms. The number of hydrogen-bond acceptors (Lipinski definition) is 4. The lowest BCUT2D eigenvalue weighted by atomic mass is 9.84. The minimum atomic E-state index is -0.782. The molecule has 5 heteroatoms. The van der Waals surface area contributed by atoms with Gasteiger partial charge in [-0.1, -0.05) is 36.4 Å². The third-order valence-electron chi connectivity index (χ3n) is 7.57. The first-order chi connectivity index (χ1) is 15.7. The molecule has 1 N–H and O–H groups in total. The zero-order valence-corrected chi connectivity index (χ0v) is 18.8. The van der Waals surface area contributed by atoms with Crippen molar-refractivity contribution < 1.29 is 14.6 Å². The molecule has 2 atom stereocenters. The molecule has 2 heterocycles. The first-order valence-electron chi connectivity index (χ1n) is 12.3. The Labute approximate surface area is 190 Å². The van der Waals surface area contributed by atoms with Crippen molar-refractivity contribution in [3.05, 3.63) is 65.0 Å². The maximum atomic E-state index is 12.0. The first-order valence-corrected chi connectivity index (χ1v) is 12.3. The number of nitrogens with zero attached hydrogens (tertiary/aromatic N) is 2. The number of pyridine rings is 1. The van der Waals surface area contributed by atoms with E-state index in [9.17, 15) is 9.90 Å². The molecule has 32 heavy (non-hydrogen) atoms. The average molecular weight is 435 g/mol. The van der Waals surface area contributed by atoms with Crippen LogP contribution in [-0.2, 0) is 22.4 Å². The standard InChI is InChI=1S/C27H34N2O3/c30-27(31)26(21-7-2-1-3-8-21)29-17-16-23(18-29)32-22-13-10-20(11-14-22)25-15-12-19-6-4-5-9-24(19)28-25/h1-3,7-8,12,15,20,22-23,26H,4-6,9-11,13-14,16-18H2,(H,30,31)/t20?,22?,23-,26-/m1/s1. The zero-order chi connectivity index (χ0) is 21.9. The quantitative estimate of drug-likeness (QED) is 0.700. The molecule has 5 nitrogen and oxygen atoms in total. The van der Waals surface area contributed by atoms with Crippen LogP contribution >= 0.6 is 0 Å². The van der Waals surface area contributed by atoms with Gasteiger partial charge in [-0.25, -0.2) is 0 Å². The molecule has 1 aromatic heterocycles. The van der Waals surface area contributed by atoms with Gasteiger partial charge in [0.05, 0.1) is 12.2 Å². The van der Waals surface area contributed by atoms with Crippen LogP contribution in [0.25, 0.3) is 0 Å². The molecule has 1 saturated heterocycles. The third-order valence-corrected chi connectivity index (χ3v) is 7.57. The fourth-order valence-corrected chi connectivity index (χ4v) is 5.84. The van der Waals surface area contributed by atoms with Crippen LogP contribution in [0.2, 0.25) is 0 Å². The van der Waals surface area contributed by atoms with E-state index in [0.717, 1.165) is 50.6 Å². The van der Waals surface area contributed by atoms with Crippen molar-refractivity contribution in [3.8, 4) is 0 Å². The Bertz CT molecular complexity index is 924. The molecule has 0 bridgehead atoms. The van der Waals surface area contributed by atoms with Gasteiger partial charge in [0, 0.05) is 30.4 Å². The predicted molar refractivity (Wildman–Crippen MR) is 124 cm³/mol. The zero-order valence-electron chi connectivity index (χ0n) is 18.8. The highest BCUT2D eigenvalue weighted by atomic mass is 16.5. The SMILES string of the molecule is O=C(O)[C@@H](c1ccccc1)N1CC[C@@H](OC2CCC(c3ccc4c(n3)CCCC4)CC2)C1. The average Bonchev–Trinajstić information content (AvgIpc) is 3.27. The minimum absolute atomic E-state index is 0.129. The van der Waals surface area contributed by atoms with E-state index in [0.29, 0.717) is 12.5 Å². The molecule has 0 unspecified atom stereocenters. The monoisotopic (exact) mass is 434 g/mol. The van der Waals surface area contributed by atoms with E-state index < -0.39 is 12.0 Å². The van der Waals surface area contributed by atoms with E-state index in [2.05, 4.69) is 17.0 Å². The summed E-state index contributed by atoms with van der Waals surface area (Å²) in [5.74, 6) is -0.230. The van der Waals surface area contributed by atoms with Crippen molar-refractivity contribution in [3.63, 3.8) is 0 Å². The molecule has 5 rings (SSSR count). The third kappa shape index (κ3) is 4.74. The van der Waals surface area contributed by atoms with E-state index >= 15 is 0 Å². The van der Waals surface area contributed by atoms with Crippen LogP contribution in [-0.4, -0.2) is 46.3 Å². The second kappa shape index (κ2) is 9.72. The number of likely N-dealkylation sites (tertiary alicyclic amines) is 1. The number of aromatic nitrogens is 1. The Kier molecular flexibility index (Phi) is 6.56. The van der Waals surface area contributed by atoms with Gasteiger partial charge in [0.15, 0.2) is 0 Å². The van der Waals surface area contributed by atoms with Crippen LogP contribution in [0.3, 0.4) is 0 Å². The van der Waals surface area contributed by atoms with Crippen LogP contribution in [0, 0.1) is 0 Å². The number of aliphatic carboxylic acids is 1. The number of fused-ring (bicyclic) bond motifs is 1. The molecular formula is C27H34N2O3. The molecule has 2 aromatic rings. The first kappa shape index (κ1) is 21.6. The van der Waals surface area contributed by atoms with E-state index in [-0.39, 0.29) is 12.2 Å². The van der Waals surface area contributed by atoms with Gasteiger partial charge >= 0.3 is 5.97 Å². The topological polar surface area (TPSA) is 62.7 Å². The van der Waals surface area contributed by atoms with E-state index in [1.54, 1.807) is 0 Å². The normalized spacial score (nSPS) is 27.1. The Morgan fingerprint density at radius 1 is 0.969 bits per heavy atom. The molecule has 2 aliphatic carbocycles. The molecule has 0 radical (unpaired) electrons. The van der Waals surface area contributed by atoms with Crippen molar-refractivity contribution in [2.24, 2.45) is 0 Å². The number of hydrogen-bond donors (Lipinski definition) is 1. The van der Waals surface area contributed by atoms with Crippen molar-refractivity contribution in [1.82, 2.24) is 9.88 Å². The summed E-state index contributed by atoms with van der Waals surface area (Å²) in [5.41, 5.74) is 4.92. The number of carbonyl (C=O) groups is 1. The lowest BCUT2D eigenvalue weighted by molar-refractivity contribution is -0.143. The Balaban J connectivity index is 1.14. The highest BCUT2D eigenvalue weighted by Gasteiger charge is 2.35. The summed E-state index contributed by atoms with van der Waals surface area (Å²) in [6.45, 7) is 1.46. The summed E-state index contributed by atoms with van der Waals surface area (Å²) in [6, 6.07) is 13.5. The minimum Gasteiger partial charge on any atom is -0.480 e. The van der Waals surface area contributed by atoms with Gasteiger partial charge in [-0.3, -0.25) is 14.7 Å². The van der Waals surface area contributed by atoms with E-state index in [4.69, 9.17) is 9.72 Å². The fourth-order valence-electron chi connectivity index (χ4n) is 5.84. The van der Waals surface area contributed by atoms with Gasteiger partial charge < -0.3 is 9.84 Å². The smallest absolute Gasteiger partial charge is 0.325 e. The molecule has 1 saturated carbocycles. The van der Waals surface area contributed by atoms with Gasteiger partial charge in [-0.05, 0) is 75.0 Å². The Hall–Kier alpha value is -2.24. The number of ether oxygens (including phenoxy) is 1. The number of aryl methyl sites for hydroxylation is 2. The molecule has 0 amide bonds. The van der Waals surface area contributed by atoms with E-state index in [1.807, 2.05) is 30.3 Å². The molecule has 2 fully saturated rings. The van der Waals surface area contributed by atoms with Crippen LogP contribution < -0.4 is 0 Å². The summed E-state index contributed by atoms with van der Waals surface area (Å²) < 4.78 is 6.47. The van der Waals surface area contributed by atoms with Crippen LogP contribution in [0.15, 0.2) is 42.5 Å². The lowest BCUT2D eigenvalue weighted by Gasteiger charge is -2.31. The molecule has 170 valence electrons. The van der Waals surface area contributed by atoms with Crippen molar-refractivity contribution in [2.45, 2.75) is 82.0 Å². The van der Waals surface area contributed by atoms with Crippen LogP contribution in [0.5, 0.6) is 0 Å². The highest BCUT2D eigenvalue weighted by molar-refractivity contribution is 5.75. The van der Waals surface area contributed by atoms with Gasteiger partial charge in [0.2, 0.25) is 0 Å². The lowest BCUT2D eigenvalue weighted by Crippen LogP contribution is -2.34. The second-order valence-corrected chi connectivity index (χ2v) is 9.72. The summed E-state index contributed by atoms with van der Waals surface area (Å²) >= 11 is 0. The van der Waals surface area contributed by atoms with Gasteiger partial charge in [0.25, 0.3) is 0 Å². The van der Waals surface area contributed by atoms with Gasteiger partial charge in [-0.2, -0.15) is 0 Å². The number of benzene rings is 1.